The molecular weight excluding hydrogens is 266 g/mol. The number of amides is 1. The molecule has 4 nitrogen and oxygen atoms in total. The Hall–Kier alpha value is -2.23. The molecule has 21 heavy (non-hydrogen) atoms. The lowest BCUT2D eigenvalue weighted by Crippen LogP contribution is -2.47. The first kappa shape index (κ1) is 13.7. The molecule has 0 bridgehead atoms. The molecule has 1 saturated heterocycles. The molecule has 1 heterocycles. The minimum atomic E-state index is -0.362. The summed E-state index contributed by atoms with van der Waals surface area (Å²) in [5.74, 6) is 0.838. The molecule has 2 aromatic rings. The Labute approximate surface area is 124 Å². The first-order chi connectivity index (χ1) is 10.0. The van der Waals surface area contributed by atoms with Gasteiger partial charge in [0.1, 0.15) is 12.4 Å². The molecule has 1 amide bonds. The van der Waals surface area contributed by atoms with E-state index in [2.05, 4.69) is 25.2 Å². The van der Waals surface area contributed by atoms with Crippen molar-refractivity contribution >= 4 is 16.9 Å². The maximum Gasteiger partial charge on any atom is 0.407 e. The number of hydrogen-bond donors (Lipinski definition) is 1. The number of alkyl carbamates (subject to hydrolysis) is 1. The van der Waals surface area contributed by atoms with Gasteiger partial charge in [0.15, 0.2) is 0 Å². The number of nitrogens with one attached hydrogen (secondary N) is 1. The fraction of sp³-hybridized carbons (Fsp3) is 0.353. The van der Waals surface area contributed by atoms with Gasteiger partial charge in [-0.15, -0.1) is 0 Å². The third kappa shape index (κ3) is 2.31. The highest BCUT2D eigenvalue weighted by molar-refractivity contribution is 5.92. The fourth-order valence-electron chi connectivity index (χ4n) is 2.91. The molecule has 110 valence electrons. The molecule has 0 aliphatic carbocycles. The molecule has 0 radical (unpaired) electrons. The van der Waals surface area contributed by atoms with Crippen LogP contribution < -0.4 is 10.1 Å². The summed E-state index contributed by atoms with van der Waals surface area (Å²) in [4.78, 5) is 11.6. The van der Waals surface area contributed by atoms with E-state index in [-0.39, 0.29) is 17.6 Å². The van der Waals surface area contributed by atoms with E-state index in [0.717, 1.165) is 22.1 Å². The number of fused-ring (bicyclic) bond motifs is 1. The van der Waals surface area contributed by atoms with E-state index in [1.165, 1.54) is 0 Å². The number of cyclic esters (lactones) is 1. The zero-order chi connectivity index (χ0) is 15.0. The molecule has 3 rings (SSSR count). The highest BCUT2D eigenvalue weighted by Crippen LogP contribution is 2.41. The van der Waals surface area contributed by atoms with E-state index in [1.54, 1.807) is 7.11 Å². The third-order valence-electron chi connectivity index (χ3n) is 4.07. The molecule has 1 aliphatic rings. The van der Waals surface area contributed by atoms with Gasteiger partial charge < -0.3 is 14.8 Å². The topological polar surface area (TPSA) is 47.6 Å². The molecule has 2 aromatic carbocycles. The van der Waals surface area contributed by atoms with Crippen molar-refractivity contribution in [3.63, 3.8) is 0 Å². The van der Waals surface area contributed by atoms with Crippen LogP contribution in [-0.2, 0) is 4.74 Å². The molecule has 1 fully saturated rings. The monoisotopic (exact) mass is 285 g/mol. The second-order valence-electron chi connectivity index (χ2n) is 6.04. The minimum absolute atomic E-state index is 0.0884. The van der Waals surface area contributed by atoms with Crippen molar-refractivity contribution in [1.82, 2.24) is 5.32 Å². The number of rotatable bonds is 2. The first-order valence-electron chi connectivity index (χ1n) is 7.02. The Morgan fingerprint density at radius 3 is 2.62 bits per heavy atom. The third-order valence-corrected chi connectivity index (χ3v) is 4.07. The van der Waals surface area contributed by atoms with Gasteiger partial charge in [-0.1, -0.05) is 44.2 Å². The summed E-state index contributed by atoms with van der Waals surface area (Å²) in [6.45, 7) is 4.59. The number of benzene rings is 2. The average Bonchev–Trinajstić information content (AvgIpc) is 2.49. The van der Waals surface area contributed by atoms with Gasteiger partial charge in [-0.3, -0.25) is 0 Å². The van der Waals surface area contributed by atoms with Gasteiger partial charge in [0.25, 0.3) is 0 Å². The SMILES string of the molecule is COc1ccc([C@H]2NC(=O)OCC2(C)C)c2ccccc12. The van der Waals surface area contributed by atoms with Gasteiger partial charge in [0, 0.05) is 10.8 Å². The van der Waals surface area contributed by atoms with Crippen LogP contribution in [0.4, 0.5) is 4.79 Å². The van der Waals surface area contributed by atoms with Gasteiger partial charge in [0.2, 0.25) is 0 Å². The minimum Gasteiger partial charge on any atom is -0.496 e. The van der Waals surface area contributed by atoms with Crippen LogP contribution in [0, 0.1) is 5.41 Å². The van der Waals surface area contributed by atoms with E-state index in [1.807, 2.05) is 30.3 Å². The van der Waals surface area contributed by atoms with Crippen LogP contribution in [0.15, 0.2) is 36.4 Å². The Kier molecular flexibility index (Phi) is 3.24. The van der Waals surface area contributed by atoms with E-state index < -0.39 is 0 Å². The fourth-order valence-corrected chi connectivity index (χ4v) is 2.91. The van der Waals surface area contributed by atoms with Crippen LogP contribution in [0.5, 0.6) is 5.75 Å². The lowest BCUT2D eigenvalue weighted by molar-refractivity contribution is 0.0391. The maximum atomic E-state index is 11.6. The lowest BCUT2D eigenvalue weighted by Gasteiger charge is -2.39. The zero-order valence-corrected chi connectivity index (χ0v) is 12.5. The second kappa shape index (κ2) is 4.95. The van der Waals surface area contributed by atoms with Gasteiger partial charge in [-0.05, 0) is 17.0 Å². The first-order valence-corrected chi connectivity index (χ1v) is 7.02. The zero-order valence-electron chi connectivity index (χ0n) is 12.5. The van der Waals surface area contributed by atoms with Crippen molar-refractivity contribution in [2.24, 2.45) is 5.41 Å². The largest absolute Gasteiger partial charge is 0.496 e. The van der Waals surface area contributed by atoms with E-state index in [4.69, 9.17) is 9.47 Å². The molecule has 0 unspecified atom stereocenters. The summed E-state index contributed by atoms with van der Waals surface area (Å²) < 4.78 is 10.6. The highest BCUT2D eigenvalue weighted by atomic mass is 16.6. The van der Waals surface area contributed by atoms with Crippen LogP contribution in [0.25, 0.3) is 10.8 Å². The number of carbonyl (C=O) groups excluding carboxylic acids is 1. The van der Waals surface area contributed by atoms with Crippen molar-refractivity contribution in [1.29, 1.82) is 0 Å². The van der Waals surface area contributed by atoms with Crippen molar-refractivity contribution in [3.8, 4) is 5.75 Å². The molecule has 0 saturated carbocycles. The van der Waals surface area contributed by atoms with Crippen LogP contribution in [-0.4, -0.2) is 19.8 Å². The van der Waals surface area contributed by atoms with Crippen LogP contribution >= 0.6 is 0 Å². The van der Waals surface area contributed by atoms with Crippen molar-refractivity contribution in [3.05, 3.63) is 42.0 Å². The Balaban J connectivity index is 2.18. The van der Waals surface area contributed by atoms with Gasteiger partial charge >= 0.3 is 6.09 Å². The number of hydrogen-bond acceptors (Lipinski definition) is 3. The molecule has 4 heteroatoms. The van der Waals surface area contributed by atoms with Gasteiger partial charge in [0.05, 0.1) is 13.2 Å². The molecular formula is C17H19NO3. The van der Waals surface area contributed by atoms with Crippen LogP contribution in [0.2, 0.25) is 0 Å². The quantitative estimate of drug-likeness (QED) is 0.916. The summed E-state index contributed by atoms with van der Waals surface area (Å²) in [5.41, 5.74) is 0.915. The second-order valence-corrected chi connectivity index (χ2v) is 6.04. The summed E-state index contributed by atoms with van der Waals surface area (Å²) in [6, 6.07) is 12.0. The molecule has 0 aromatic heterocycles. The summed E-state index contributed by atoms with van der Waals surface area (Å²) >= 11 is 0. The normalized spacial score (nSPS) is 20.7. The van der Waals surface area contributed by atoms with E-state index in [9.17, 15) is 4.79 Å². The predicted molar refractivity (Wildman–Crippen MR) is 81.5 cm³/mol. The Morgan fingerprint density at radius 2 is 1.90 bits per heavy atom. The number of carbonyl (C=O) groups is 1. The van der Waals surface area contributed by atoms with Crippen molar-refractivity contribution in [2.75, 3.05) is 13.7 Å². The van der Waals surface area contributed by atoms with Crippen molar-refractivity contribution in [2.45, 2.75) is 19.9 Å². The maximum absolute atomic E-state index is 11.6. The lowest BCUT2D eigenvalue weighted by atomic mass is 9.79. The van der Waals surface area contributed by atoms with E-state index >= 15 is 0 Å². The molecule has 0 spiro atoms. The van der Waals surface area contributed by atoms with Gasteiger partial charge in [-0.2, -0.15) is 0 Å². The van der Waals surface area contributed by atoms with Gasteiger partial charge in [-0.25, -0.2) is 4.79 Å². The Bertz CT molecular complexity index is 693. The predicted octanol–water partition coefficient (Wildman–Crippen LogP) is 3.66. The standard InChI is InChI=1S/C17H19NO3/c1-17(2)10-21-16(19)18-15(17)13-8-9-14(20-3)12-7-5-4-6-11(12)13/h4-9,15H,10H2,1-3H3,(H,18,19)/t15-/m1/s1. The summed E-state index contributed by atoms with van der Waals surface area (Å²) in [6.07, 6.45) is -0.362. The number of methoxy groups -OCH3 is 1. The molecule has 1 aliphatic heterocycles. The van der Waals surface area contributed by atoms with Crippen LogP contribution in [0.1, 0.15) is 25.5 Å². The van der Waals surface area contributed by atoms with Crippen molar-refractivity contribution < 1.29 is 14.3 Å². The van der Waals surface area contributed by atoms with Crippen LogP contribution in [0.3, 0.4) is 0 Å². The highest BCUT2D eigenvalue weighted by Gasteiger charge is 2.38. The smallest absolute Gasteiger partial charge is 0.407 e. The molecule has 1 N–H and O–H groups in total. The van der Waals surface area contributed by atoms with E-state index in [0.29, 0.717) is 6.61 Å². The average molecular weight is 285 g/mol. The number of ether oxygens (including phenoxy) is 2. The molecule has 1 atom stereocenters. The summed E-state index contributed by atoms with van der Waals surface area (Å²) in [5, 5.41) is 5.10. The summed E-state index contributed by atoms with van der Waals surface area (Å²) in [7, 11) is 1.67. The Morgan fingerprint density at radius 1 is 1.19 bits per heavy atom.